The Morgan fingerprint density at radius 3 is 2.53 bits per heavy atom. The normalized spacial score (nSPS) is 14.7. The van der Waals surface area contributed by atoms with Crippen LogP contribution in [0.5, 0.6) is 5.75 Å². The van der Waals surface area contributed by atoms with E-state index in [1.165, 1.54) is 11.0 Å². The molecule has 0 bridgehead atoms. The van der Waals surface area contributed by atoms with Crippen molar-refractivity contribution in [2.45, 2.75) is 64.1 Å². The molecule has 0 saturated heterocycles. The smallest absolute Gasteiger partial charge is 0.242 e. The van der Waals surface area contributed by atoms with E-state index >= 15 is 0 Å². The molecule has 1 saturated carbocycles. The number of nitrogens with one attached hydrogen (secondary N) is 1. The highest BCUT2D eigenvalue weighted by Gasteiger charge is 2.28. The Labute approximate surface area is 193 Å². The number of nitrogens with zero attached hydrogens (tertiary/aromatic N) is 1. The fraction of sp³-hybridized carbons (Fsp3) is 0.440. The molecule has 0 heterocycles. The Kier molecular flexibility index (Phi) is 8.91. The van der Waals surface area contributed by atoms with Crippen LogP contribution in [0.4, 0.5) is 4.39 Å². The molecule has 0 aromatic heterocycles. The minimum absolute atomic E-state index is 0.0444. The van der Waals surface area contributed by atoms with Crippen LogP contribution in [0.3, 0.4) is 0 Å². The molecular formula is C25H30ClFN2O3. The van der Waals surface area contributed by atoms with Gasteiger partial charge in [0.1, 0.15) is 17.6 Å². The van der Waals surface area contributed by atoms with Crippen molar-refractivity contribution >= 4 is 23.4 Å². The lowest BCUT2D eigenvalue weighted by Crippen LogP contribution is -2.49. The maximum absolute atomic E-state index is 14.3. The fourth-order valence-electron chi connectivity index (χ4n) is 3.87. The second-order valence-corrected chi connectivity index (χ2v) is 8.62. The highest BCUT2D eigenvalue weighted by atomic mass is 35.5. The molecule has 7 heteroatoms. The molecule has 32 heavy (non-hydrogen) atoms. The zero-order valence-electron chi connectivity index (χ0n) is 18.4. The number of benzene rings is 2. The predicted molar refractivity (Wildman–Crippen MR) is 123 cm³/mol. The number of carbonyl (C=O) groups excluding carboxylic acids is 2. The van der Waals surface area contributed by atoms with Gasteiger partial charge in [-0.2, -0.15) is 0 Å². The summed E-state index contributed by atoms with van der Waals surface area (Å²) in [6, 6.07) is 12.8. The molecule has 2 aromatic rings. The summed E-state index contributed by atoms with van der Waals surface area (Å²) in [6.07, 6.45) is 4.80. The van der Waals surface area contributed by atoms with Crippen LogP contribution < -0.4 is 10.1 Å². The molecular weight excluding hydrogens is 431 g/mol. The molecule has 3 rings (SSSR count). The van der Waals surface area contributed by atoms with Gasteiger partial charge in [0.15, 0.2) is 0 Å². The Morgan fingerprint density at radius 2 is 1.84 bits per heavy atom. The highest BCUT2D eigenvalue weighted by molar-refractivity contribution is 6.30. The zero-order chi connectivity index (χ0) is 22.9. The van der Waals surface area contributed by atoms with E-state index in [9.17, 15) is 14.0 Å². The number of halogens is 2. The molecule has 172 valence electrons. The third-order valence-electron chi connectivity index (χ3n) is 5.78. The lowest BCUT2D eigenvalue weighted by Gasteiger charge is -2.30. The first-order valence-corrected chi connectivity index (χ1v) is 11.5. The second kappa shape index (κ2) is 11.9. The van der Waals surface area contributed by atoms with Crippen LogP contribution in [0.25, 0.3) is 0 Å². The minimum Gasteiger partial charge on any atom is -0.494 e. The van der Waals surface area contributed by atoms with Crippen LogP contribution in [0, 0.1) is 5.82 Å². The van der Waals surface area contributed by atoms with Crippen molar-refractivity contribution in [1.29, 1.82) is 0 Å². The van der Waals surface area contributed by atoms with E-state index in [0.717, 1.165) is 25.7 Å². The molecule has 5 nitrogen and oxygen atoms in total. The monoisotopic (exact) mass is 460 g/mol. The lowest BCUT2D eigenvalue weighted by atomic mass is 10.1. The SMILES string of the molecule is C[C@@H](C(=O)NC1CCCC1)N(Cc1ccccc1F)C(=O)CCCOc1ccc(Cl)cc1. The average molecular weight is 461 g/mol. The second-order valence-electron chi connectivity index (χ2n) is 8.18. The fourth-order valence-corrected chi connectivity index (χ4v) is 4.00. The first kappa shape index (κ1) is 24.1. The number of rotatable bonds is 10. The van der Waals surface area contributed by atoms with Gasteiger partial charge >= 0.3 is 0 Å². The average Bonchev–Trinajstić information content (AvgIpc) is 3.30. The van der Waals surface area contributed by atoms with Crippen molar-refractivity contribution in [2.75, 3.05) is 6.61 Å². The van der Waals surface area contributed by atoms with Crippen LogP contribution >= 0.6 is 11.6 Å². The summed E-state index contributed by atoms with van der Waals surface area (Å²) in [4.78, 5) is 27.3. The van der Waals surface area contributed by atoms with E-state index in [1.807, 2.05) is 0 Å². The largest absolute Gasteiger partial charge is 0.494 e. The van der Waals surface area contributed by atoms with Gasteiger partial charge in [-0.25, -0.2) is 4.39 Å². The maximum atomic E-state index is 14.3. The molecule has 2 aromatic carbocycles. The molecule has 0 unspecified atom stereocenters. The van der Waals surface area contributed by atoms with Crippen molar-refractivity contribution in [3.05, 3.63) is 64.9 Å². The third-order valence-corrected chi connectivity index (χ3v) is 6.04. The highest BCUT2D eigenvalue weighted by Crippen LogP contribution is 2.20. The Hall–Kier alpha value is -2.60. The van der Waals surface area contributed by atoms with Gasteiger partial charge in [0.25, 0.3) is 0 Å². The summed E-state index contributed by atoms with van der Waals surface area (Å²) in [6.45, 7) is 2.10. The van der Waals surface area contributed by atoms with Crippen LogP contribution in [-0.2, 0) is 16.1 Å². The molecule has 2 amide bonds. The summed E-state index contributed by atoms with van der Waals surface area (Å²) >= 11 is 5.87. The van der Waals surface area contributed by atoms with E-state index in [2.05, 4.69) is 5.32 Å². The first-order valence-electron chi connectivity index (χ1n) is 11.2. The molecule has 0 spiro atoms. The molecule has 1 N–H and O–H groups in total. The molecule has 1 aliphatic rings. The van der Waals surface area contributed by atoms with Crippen LogP contribution in [0.15, 0.2) is 48.5 Å². The first-order chi connectivity index (χ1) is 15.4. The van der Waals surface area contributed by atoms with Crippen LogP contribution in [0.2, 0.25) is 5.02 Å². The third kappa shape index (κ3) is 6.95. The van der Waals surface area contributed by atoms with E-state index in [1.54, 1.807) is 49.4 Å². The standard InChI is InChI=1S/C25H30ClFN2O3/c1-18(25(31)28-21-8-3-4-9-21)29(17-19-7-2-5-10-23(19)27)24(30)11-6-16-32-22-14-12-20(26)13-15-22/h2,5,7,10,12-15,18,21H,3-4,6,8-9,11,16-17H2,1H3,(H,28,31)/t18-/m0/s1. The number of hydrogen-bond acceptors (Lipinski definition) is 3. The predicted octanol–water partition coefficient (Wildman–Crippen LogP) is 5.11. The van der Waals surface area contributed by atoms with Crippen molar-refractivity contribution in [3.8, 4) is 5.75 Å². The van der Waals surface area contributed by atoms with E-state index in [4.69, 9.17) is 16.3 Å². The molecule has 0 radical (unpaired) electrons. The van der Waals surface area contributed by atoms with Gasteiger partial charge in [-0.15, -0.1) is 0 Å². The molecule has 1 aliphatic carbocycles. The summed E-state index contributed by atoms with van der Waals surface area (Å²) in [5.41, 5.74) is 0.388. The summed E-state index contributed by atoms with van der Waals surface area (Å²) in [5.74, 6) is -0.116. The van der Waals surface area contributed by atoms with Crippen molar-refractivity contribution in [2.24, 2.45) is 0 Å². The van der Waals surface area contributed by atoms with Crippen molar-refractivity contribution < 1.29 is 18.7 Å². The quantitative estimate of drug-likeness (QED) is 0.501. The summed E-state index contributed by atoms with van der Waals surface area (Å²) in [5, 5.41) is 3.67. The molecule has 1 fully saturated rings. The van der Waals surface area contributed by atoms with Gasteiger partial charge in [-0.05, 0) is 56.5 Å². The molecule has 0 aliphatic heterocycles. The maximum Gasteiger partial charge on any atom is 0.242 e. The Bertz CT molecular complexity index is 900. The van der Waals surface area contributed by atoms with Gasteiger partial charge in [0, 0.05) is 29.6 Å². The summed E-state index contributed by atoms with van der Waals surface area (Å²) in [7, 11) is 0. The van der Waals surface area contributed by atoms with Gasteiger partial charge in [-0.3, -0.25) is 9.59 Å². The lowest BCUT2D eigenvalue weighted by molar-refractivity contribution is -0.141. The van der Waals surface area contributed by atoms with E-state index < -0.39 is 6.04 Å². The van der Waals surface area contributed by atoms with E-state index in [0.29, 0.717) is 29.4 Å². The Morgan fingerprint density at radius 1 is 1.16 bits per heavy atom. The minimum atomic E-state index is -0.695. The van der Waals surface area contributed by atoms with Gasteiger partial charge in [0.05, 0.1) is 6.61 Å². The van der Waals surface area contributed by atoms with Gasteiger partial charge < -0.3 is 15.0 Å². The number of amides is 2. The van der Waals surface area contributed by atoms with Gasteiger partial charge in [0.2, 0.25) is 11.8 Å². The number of ether oxygens (including phenoxy) is 1. The Balaban J connectivity index is 1.60. The molecule has 1 atom stereocenters. The topological polar surface area (TPSA) is 58.6 Å². The van der Waals surface area contributed by atoms with E-state index in [-0.39, 0.29) is 36.6 Å². The van der Waals surface area contributed by atoms with Crippen LogP contribution in [-0.4, -0.2) is 35.4 Å². The van der Waals surface area contributed by atoms with Gasteiger partial charge in [-0.1, -0.05) is 42.6 Å². The zero-order valence-corrected chi connectivity index (χ0v) is 19.1. The van der Waals surface area contributed by atoms with Crippen LogP contribution in [0.1, 0.15) is 51.0 Å². The summed E-state index contributed by atoms with van der Waals surface area (Å²) < 4.78 is 19.9. The van der Waals surface area contributed by atoms with Crippen molar-refractivity contribution in [3.63, 3.8) is 0 Å². The number of hydrogen-bond donors (Lipinski definition) is 1. The van der Waals surface area contributed by atoms with Crippen molar-refractivity contribution in [1.82, 2.24) is 10.2 Å². The number of carbonyl (C=O) groups is 2.